The zero-order valence-corrected chi connectivity index (χ0v) is 26.7. The van der Waals surface area contributed by atoms with Crippen LogP contribution < -0.4 is 0 Å². The summed E-state index contributed by atoms with van der Waals surface area (Å²) in [6.45, 7) is 13.0. The number of rotatable bonds is 11. The molecule has 7 nitrogen and oxygen atoms in total. The monoisotopic (exact) mass is 586 g/mol. The van der Waals surface area contributed by atoms with Crippen molar-refractivity contribution in [2.75, 3.05) is 6.61 Å². The van der Waals surface area contributed by atoms with E-state index < -0.39 is 46.1 Å². The van der Waals surface area contributed by atoms with E-state index in [2.05, 4.69) is 46.5 Å². The summed E-state index contributed by atoms with van der Waals surface area (Å²) in [6.07, 6.45) is 5.83. The lowest BCUT2D eigenvalue weighted by atomic mass is 9.37. The van der Waals surface area contributed by atoms with Crippen molar-refractivity contribution in [3.63, 3.8) is 0 Å². The Morgan fingerprint density at radius 1 is 1.10 bits per heavy atom. The van der Waals surface area contributed by atoms with Gasteiger partial charge in [-0.15, -0.1) is 5.92 Å². The van der Waals surface area contributed by atoms with Crippen LogP contribution in [0, 0.1) is 45.8 Å². The third kappa shape index (κ3) is 6.06. The maximum Gasteiger partial charge on any atom is 0.331 e. The summed E-state index contributed by atoms with van der Waals surface area (Å²) in [5, 5.41) is 37.9. The van der Waals surface area contributed by atoms with Gasteiger partial charge in [-0.05, 0) is 68.3 Å². The van der Waals surface area contributed by atoms with Gasteiger partial charge >= 0.3 is 11.9 Å². The molecule has 0 aromatic heterocycles. The molecule has 3 N–H and O–H groups in total. The van der Waals surface area contributed by atoms with Gasteiger partial charge in [-0.2, -0.15) is 0 Å². The molecule has 0 radical (unpaired) electrons. The van der Waals surface area contributed by atoms with Crippen LogP contribution in [0.4, 0.5) is 0 Å². The normalized spacial score (nSPS) is 37.2. The third-order valence-corrected chi connectivity index (χ3v) is 11.2. The first-order valence-electron chi connectivity index (χ1n) is 16.3. The number of aliphatic hydroxyl groups excluding tert-OH is 2. The van der Waals surface area contributed by atoms with Gasteiger partial charge in [0.05, 0.1) is 35.1 Å². The van der Waals surface area contributed by atoms with Crippen molar-refractivity contribution < 1.29 is 34.4 Å². The van der Waals surface area contributed by atoms with Crippen molar-refractivity contribution in [1.82, 2.24) is 0 Å². The summed E-state index contributed by atoms with van der Waals surface area (Å²) in [7, 11) is 0. The van der Waals surface area contributed by atoms with Crippen LogP contribution in [0.3, 0.4) is 0 Å². The minimum absolute atomic E-state index is 0.170. The van der Waals surface area contributed by atoms with Crippen molar-refractivity contribution in [1.29, 1.82) is 0 Å². The second kappa shape index (κ2) is 12.6. The Labute approximate surface area is 252 Å². The van der Waals surface area contributed by atoms with E-state index in [4.69, 9.17) is 9.47 Å². The van der Waals surface area contributed by atoms with E-state index in [9.17, 15) is 24.9 Å². The van der Waals surface area contributed by atoms with Gasteiger partial charge in [0.2, 0.25) is 0 Å². The van der Waals surface area contributed by atoms with Crippen LogP contribution in [0.2, 0.25) is 0 Å². The first-order chi connectivity index (χ1) is 19.7. The van der Waals surface area contributed by atoms with Crippen LogP contribution in [-0.2, 0) is 19.1 Å². The van der Waals surface area contributed by atoms with Gasteiger partial charge in [0.25, 0.3) is 0 Å². The molecule has 2 heterocycles. The highest BCUT2D eigenvalue weighted by Gasteiger charge is 2.76. The molecule has 0 saturated heterocycles. The molecule has 8 atom stereocenters. The molecule has 236 valence electrons. The lowest BCUT2D eigenvalue weighted by Crippen LogP contribution is -2.78. The van der Waals surface area contributed by atoms with Gasteiger partial charge in [-0.1, -0.05) is 59.8 Å². The second-order valence-corrected chi connectivity index (χ2v) is 15.1. The van der Waals surface area contributed by atoms with Gasteiger partial charge in [-0.25, -0.2) is 4.79 Å². The lowest BCUT2D eigenvalue weighted by Gasteiger charge is -2.70. The van der Waals surface area contributed by atoms with Crippen LogP contribution in [0.1, 0.15) is 119 Å². The van der Waals surface area contributed by atoms with E-state index in [1.165, 1.54) is 6.08 Å². The van der Waals surface area contributed by atoms with Crippen molar-refractivity contribution in [2.45, 2.75) is 143 Å². The highest BCUT2D eigenvalue weighted by molar-refractivity contribution is 5.85. The van der Waals surface area contributed by atoms with Crippen LogP contribution in [0.25, 0.3) is 0 Å². The highest BCUT2D eigenvalue weighted by atomic mass is 16.5. The average Bonchev–Trinajstić information content (AvgIpc) is 3.35. The Hall–Kier alpha value is -1.88. The molecule has 0 aromatic carbocycles. The molecule has 0 spiro atoms. The zero-order chi connectivity index (χ0) is 30.9. The topological polar surface area (TPSA) is 113 Å². The van der Waals surface area contributed by atoms with Crippen molar-refractivity contribution in [3.05, 3.63) is 11.6 Å². The number of cyclic esters (lactones) is 1. The third-order valence-electron chi connectivity index (χ3n) is 11.2. The summed E-state index contributed by atoms with van der Waals surface area (Å²) < 4.78 is 11.4. The van der Waals surface area contributed by atoms with E-state index in [1.807, 2.05) is 6.92 Å². The molecule has 4 aliphatic rings. The zero-order valence-electron chi connectivity index (χ0n) is 26.7. The summed E-state index contributed by atoms with van der Waals surface area (Å²) >= 11 is 0. The molecule has 2 aliphatic heterocycles. The van der Waals surface area contributed by atoms with Gasteiger partial charge in [0.1, 0.15) is 12.7 Å². The van der Waals surface area contributed by atoms with Gasteiger partial charge < -0.3 is 24.8 Å². The van der Waals surface area contributed by atoms with Crippen molar-refractivity contribution in [3.8, 4) is 11.8 Å². The number of aliphatic hydroxyl groups is 3. The van der Waals surface area contributed by atoms with E-state index in [1.54, 1.807) is 0 Å². The molecule has 42 heavy (non-hydrogen) atoms. The Morgan fingerprint density at radius 2 is 1.83 bits per heavy atom. The number of esters is 2. The first-order valence-corrected chi connectivity index (χ1v) is 16.3. The molecular weight excluding hydrogens is 532 g/mol. The maximum absolute atomic E-state index is 13.3. The van der Waals surface area contributed by atoms with E-state index in [0.29, 0.717) is 50.4 Å². The molecule has 0 amide bonds. The number of hydrogen-bond acceptors (Lipinski definition) is 7. The molecule has 0 aromatic rings. The van der Waals surface area contributed by atoms with Crippen LogP contribution in [0.5, 0.6) is 0 Å². The van der Waals surface area contributed by atoms with Crippen molar-refractivity contribution >= 4 is 11.9 Å². The van der Waals surface area contributed by atoms with E-state index in [0.717, 1.165) is 31.3 Å². The number of carbonyl (C=O) groups excluding carboxylic acids is 2. The molecule has 2 aliphatic carbocycles. The van der Waals surface area contributed by atoms with Gasteiger partial charge in [-0.3, -0.25) is 4.79 Å². The van der Waals surface area contributed by atoms with Crippen LogP contribution in [-0.4, -0.2) is 57.8 Å². The fourth-order valence-electron chi connectivity index (χ4n) is 8.98. The number of ether oxygens (including phenoxy) is 2. The van der Waals surface area contributed by atoms with Crippen LogP contribution >= 0.6 is 0 Å². The predicted molar refractivity (Wildman–Crippen MR) is 161 cm³/mol. The first kappa shape index (κ1) is 33.0. The Morgan fingerprint density at radius 3 is 2.50 bits per heavy atom. The van der Waals surface area contributed by atoms with Gasteiger partial charge in [0, 0.05) is 24.8 Å². The SMILES string of the molecule is CC(C)CCCC(C)CCC(O)C12C(O)CCC(C)(C)C1C1CC(C)(C#CCCC(=O)O1)C2(O)CCC1=CC(=O)OC1. The maximum atomic E-state index is 13.3. The fourth-order valence-corrected chi connectivity index (χ4v) is 8.98. The largest absolute Gasteiger partial charge is 0.462 e. The van der Waals surface area contributed by atoms with Crippen molar-refractivity contribution in [2.24, 2.45) is 34.0 Å². The Bertz CT molecular complexity index is 1100. The quantitative estimate of drug-likeness (QED) is 0.217. The summed E-state index contributed by atoms with van der Waals surface area (Å²) in [4.78, 5) is 24.8. The minimum Gasteiger partial charge on any atom is -0.462 e. The number of carbonyl (C=O) groups is 2. The summed E-state index contributed by atoms with van der Waals surface area (Å²) in [5.41, 5.74) is -3.74. The number of fused-ring (bicyclic) bond motifs is 4. The minimum atomic E-state index is -1.63. The fraction of sp³-hybridized carbons (Fsp3) is 0.829. The standard InChI is InChI=1S/C35H54O7/c1-23(2)10-9-11-24(3)13-14-27(36)35-28(37)16-18-32(4,5)31(35)26-21-33(6,17-8-7-12-29(38)42-26)34(35,40)19-15-25-20-30(39)41-22-25/h20,23-24,26-28,31,36-37,40H,7,9-16,18-19,21-22H2,1-6H3. The van der Waals surface area contributed by atoms with E-state index in [-0.39, 0.29) is 31.4 Å². The molecule has 4 rings (SSSR count). The molecular formula is C35H54O7. The lowest BCUT2D eigenvalue weighted by molar-refractivity contribution is -0.331. The van der Waals surface area contributed by atoms with Crippen LogP contribution in [0.15, 0.2) is 11.6 Å². The van der Waals surface area contributed by atoms with E-state index >= 15 is 0 Å². The summed E-state index contributed by atoms with van der Waals surface area (Å²) in [5.74, 6) is 6.33. The molecule has 7 heteroatoms. The average molecular weight is 587 g/mol. The summed E-state index contributed by atoms with van der Waals surface area (Å²) in [6, 6.07) is 0. The Balaban J connectivity index is 1.81. The highest BCUT2D eigenvalue weighted by Crippen LogP contribution is 2.69. The smallest absolute Gasteiger partial charge is 0.331 e. The molecule has 2 bridgehead atoms. The predicted octanol–water partition coefficient (Wildman–Crippen LogP) is 5.49. The second-order valence-electron chi connectivity index (χ2n) is 15.1. The molecule has 2 saturated carbocycles. The number of hydrogen-bond donors (Lipinski definition) is 3. The van der Waals surface area contributed by atoms with Gasteiger partial charge in [0.15, 0.2) is 0 Å². The molecule has 8 unspecified atom stereocenters. The molecule has 2 fully saturated rings. The Kier molecular flexibility index (Phi) is 9.92.